The fourth-order valence-corrected chi connectivity index (χ4v) is 1.86. The van der Waals surface area contributed by atoms with Crippen LogP contribution in [0.2, 0.25) is 0 Å². The minimum Gasteiger partial charge on any atom is -0.497 e. The lowest BCUT2D eigenvalue weighted by Crippen LogP contribution is -2.20. The van der Waals surface area contributed by atoms with Gasteiger partial charge in [-0.1, -0.05) is 6.07 Å². The summed E-state index contributed by atoms with van der Waals surface area (Å²) >= 11 is 0. The van der Waals surface area contributed by atoms with E-state index in [1.165, 1.54) is 6.08 Å². The third-order valence-corrected chi connectivity index (χ3v) is 3.02. The summed E-state index contributed by atoms with van der Waals surface area (Å²) in [5.74, 6) is 1.16. The maximum absolute atomic E-state index is 11.8. The van der Waals surface area contributed by atoms with Crippen molar-refractivity contribution in [3.63, 3.8) is 0 Å². The van der Waals surface area contributed by atoms with Crippen LogP contribution in [0, 0.1) is 0 Å². The molecule has 0 saturated carbocycles. The maximum Gasteiger partial charge on any atom is 0.244 e. The van der Waals surface area contributed by atoms with E-state index in [0.717, 1.165) is 11.3 Å². The van der Waals surface area contributed by atoms with E-state index in [1.807, 2.05) is 30.3 Å². The molecule has 0 spiro atoms. The summed E-state index contributed by atoms with van der Waals surface area (Å²) in [6, 6.07) is 11.0. The van der Waals surface area contributed by atoms with Crippen molar-refractivity contribution in [2.75, 3.05) is 14.2 Å². The molecule has 1 heterocycles. The van der Waals surface area contributed by atoms with E-state index in [4.69, 9.17) is 9.47 Å². The fourth-order valence-electron chi connectivity index (χ4n) is 1.86. The van der Waals surface area contributed by atoms with Gasteiger partial charge >= 0.3 is 0 Å². The molecule has 5 nitrogen and oxygen atoms in total. The topological polar surface area (TPSA) is 60.5 Å². The third-order valence-electron chi connectivity index (χ3n) is 3.02. The minimum absolute atomic E-state index is 0.191. The molecule has 1 amide bonds. The number of carbonyl (C=O) groups is 1. The molecule has 0 atom stereocenters. The van der Waals surface area contributed by atoms with Gasteiger partial charge in [0.2, 0.25) is 5.91 Å². The monoisotopic (exact) mass is 298 g/mol. The number of nitrogens with one attached hydrogen (secondary N) is 1. The Kier molecular flexibility index (Phi) is 5.54. The molecule has 5 heteroatoms. The van der Waals surface area contributed by atoms with Crippen molar-refractivity contribution in [3.05, 3.63) is 59.9 Å². The van der Waals surface area contributed by atoms with E-state index in [0.29, 0.717) is 18.0 Å². The average molecular weight is 298 g/mol. The first-order valence-corrected chi connectivity index (χ1v) is 6.81. The largest absolute Gasteiger partial charge is 0.497 e. The van der Waals surface area contributed by atoms with Crippen molar-refractivity contribution in [1.82, 2.24) is 10.3 Å². The molecule has 0 aliphatic carbocycles. The number of benzene rings is 1. The van der Waals surface area contributed by atoms with Gasteiger partial charge in [-0.25, -0.2) is 0 Å². The van der Waals surface area contributed by atoms with Gasteiger partial charge in [0.05, 0.1) is 26.5 Å². The Labute approximate surface area is 129 Å². The first-order valence-electron chi connectivity index (χ1n) is 6.81. The van der Waals surface area contributed by atoms with Crippen LogP contribution >= 0.6 is 0 Å². The Hall–Kier alpha value is -2.82. The van der Waals surface area contributed by atoms with Crippen LogP contribution in [0.15, 0.2) is 48.7 Å². The molecule has 22 heavy (non-hydrogen) atoms. The molecule has 0 radical (unpaired) electrons. The molecule has 1 aromatic heterocycles. The number of methoxy groups -OCH3 is 2. The summed E-state index contributed by atoms with van der Waals surface area (Å²) in [5, 5.41) is 2.78. The quantitative estimate of drug-likeness (QED) is 0.832. The van der Waals surface area contributed by atoms with Crippen LogP contribution in [0.3, 0.4) is 0 Å². The predicted octanol–water partition coefficient (Wildman–Crippen LogP) is 2.43. The lowest BCUT2D eigenvalue weighted by atomic mass is 10.1. The number of hydrogen-bond donors (Lipinski definition) is 1. The van der Waals surface area contributed by atoms with Gasteiger partial charge in [0.25, 0.3) is 0 Å². The van der Waals surface area contributed by atoms with Crippen LogP contribution < -0.4 is 14.8 Å². The molecule has 1 N–H and O–H groups in total. The Morgan fingerprint density at radius 3 is 2.77 bits per heavy atom. The van der Waals surface area contributed by atoms with Crippen molar-refractivity contribution in [2.45, 2.75) is 6.54 Å². The number of nitrogens with zero attached hydrogens (tertiary/aromatic N) is 1. The fraction of sp³-hybridized carbons (Fsp3) is 0.176. The molecular weight excluding hydrogens is 280 g/mol. The van der Waals surface area contributed by atoms with Crippen LogP contribution in [-0.2, 0) is 11.3 Å². The van der Waals surface area contributed by atoms with Crippen LogP contribution in [0.1, 0.15) is 11.3 Å². The van der Waals surface area contributed by atoms with Crippen LogP contribution in [0.25, 0.3) is 6.08 Å². The highest BCUT2D eigenvalue weighted by atomic mass is 16.5. The number of aromatic nitrogens is 1. The molecule has 114 valence electrons. The molecule has 0 bridgehead atoms. The smallest absolute Gasteiger partial charge is 0.244 e. The van der Waals surface area contributed by atoms with E-state index < -0.39 is 0 Å². The maximum atomic E-state index is 11.8. The van der Waals surface area contributed by atoms with E-state index in [2.05, 4.69) is 10.3 Å². The van der Waals surface area contributed by atoms with Gasteiger partial charge in [-0.2, -0.15) is 0 Å². The number of rotatable bonds is 6. The molecule has 0 aliphatic rings. The van der Waals surface area contributed by atoms with Gasteiger partial charge in [0, 0.05) is 23.9 Å². The van der Waals surface area contributed by atoms with E-state index in [1.54, 1.807) is 32.6 Å². The second-order valence-corrected chi connectivity index (χ2v) is 4.48. The van der Waals surface area contributed by atoms with Crippen molar-refractivity contribution in [1.29, 1.82) is 0 Å². The SMILES string of the molecule is COc1ccc(/C=C/C(=O)NCc2ccccn2)c(OC)c1. The summed E-state index contributed by atoms with van der Waals surface area (Å²) in [6.07, 6.45) is 4.86. The summed E-state index contributed by atoms with van der Waals surface area (Å²) in [4.78, 5) is 16.0. The first kappa shape index (κ1) is 15.6. The van der Waals surface area contributed by atoms with Crippen LogP contribution in [0.4, 0.5) is 0 Å². The molecule has 0 unspecified atom stereocenters. The highest BCUT2D eigenvalue weighted by Crippen LogP contribution is 2.25. The van der Waals surface area contributed by atoms with E-state index >= 15 is 0 Å². The van der Waals surface area contributed by atoms with Gasteiger partial charge in [-0.15, -0.1) is 0 Å². The normalized spacial score (nSPS) is 10.5. The highest BCUT2D eigenvalue weighted by molar-refractivity contribution is 5.92. The van der Waals surface area contributed by atoms with Crippen molar-refractivity contribution in [2.24, 2.45) is 0 Å². The lowest BCUT2D eigenvalue weighted by Gasteiger charge is -2.07. The highest BCUT2D eigenvalue weighted by Gasteiger charge is 2.03. The van der Waals surface area contributed by atoms with Crippen LogP contribution in [0.5, 0.6) is 11.5 Å². The van der Waals surface area contributed by atoms with Crippen molar-refractivity contribution >= 4 is 12.0 Å². The Morgan fingerprint density at radius 1 is 1.23 bits per heavy atom. The van der Waals surface area contributed by atoms with E-state index in [9.17, 15) is 4.79 Å². The van der Waals surface area contributed by atoms with E-state index in [-0.39, 0.29) is 5.91 Å². The van der Waals surface area contributed by atoms with Crippen molar-refractivity contribution < 1.29 is 14.3 Å². The Morgan fingerprint density at radius 2 is 2.09 bits per heavy atom. The summed E-state index contributed by atoms with van der Waals surface area (Å²) in [7, 11) is 3.17. The van der Waals surface area contributed by atoms with Gasteiger partial charge in [0.1, 0.15) is 11.5 Å². The standard InChI is InChI=1S/C17H18N2O3/c1-21-15-8-6-13(16(11-15)22-2)7-9-17(20)19-12-14-5-3-4-10-18-14/h3-11H,12H2,1-2H3,(H,19,20)/b9-7+. The second kappa shape index (κ2) is 7.83. The molecule has 1 aromatic carbocycles. The number of carbonyl (C=O) groups excluding carboxylic acids is 1. The number of pyridine rings is 1. The molecular formula is C17H18N2O3. The predicted molar refractivity (Wildman–Crippen MR) is 84.7 cm³/mol. The number of hydrogen-bond acceptors (Lipinski definition) is 4. The summed E-state index contributed by atoms with van der Waals surface area (Å²) in [5.41, 5.74) is 1.61. The molecule has 2 aromatic rings. The van der Waals surface area contributed by atoms with Crippen LogP contribution in [-0.4, -0.2) is 25.1 Å². The molecule has 0 aliphatic heterocycles. The summed E-state index contributed by atoms with van der Waals surface area (Å²) in [6.45, 7) is 0.393. The van der Waals surface area contributed by atoms with Gasteiger partial charge < -0.3 is 14.8 Å². The van der Waals surface area contributed by atoms with Gasteiger partial charge in [0.15, 0.2) is 0 Å². The van der Waals surface area contributed by atoms with Gasteiger partial charge in [-0.05, 0) is 30.3 Å². The second-order valence-electron chi connectivity index (χ2n) is 4.48. The lowest BCUT2D eigenvalue weighted by molar-refractivity contribution is -0.116. The Bertz CT molecular complexity index is 654. The zero-order chi connectivity index (χ0) is 15.8. The summed E-state index contributed by atoms with van der Waals surface area (Å²) < 4.78 is 10.4. The third kappa shape index (κ3) is 4.34. The molecule has 0 saturated heterocycles. The zero-order valence-electron chi connectivity index (χ0n) is 12.6. The van der Waals surface area contributed by atoms with Gasteiger partial charge in [-0.3, -0.25) is 9.78 Å². The Balaban J connectivity index is 1.97. The minimum atomic E-state index is -0.191. The van der Waals surface area contributed by atoms with Crippen molar-refractivity contribution in [3.8, 4) is 11.5 Å². The zero-order valence-corrected chi connectivity index (χ0v) is 12.6. The first-order chi connectivity index (χ1) is 10.7. The number of ether oxygens (including phenoxy) is 2. The molecule has 0 fully saturated rings. The number of amides is 1. The average Bonchev–Trinajstić information content (AvgIpc) is 2.58. The molecule has 2 rings (SSSR count).